The first-order chi connectivity index (χ1) is 18.6. The number of carbonyl (C=O) groups excluding carboxylic acids is 2. The van der Waals surface area contributed by atoms with Gasteiger partial charge in [-0.1, -0.05) is 40.2 Å². The fourth-order valence-electron chi connectivity index (χ4n) is 3.18. The van der Waals surface area contributed by atoms with E-state index in [1.165, 1.54) is 5.56 Å². The number of ether oxygens (including phenoxy) is 3. The van der Waals surface area contributed by atoms with Gasteiger partial charge in [-0.25, -0.2) is 0 Å². The number of phenols is 1. The molecule has 2 aromatic rings. The Hall–Kier alpha value is -2.62. The van der Waals surface area contributed by atoms with Gasteiger partial charge in [0, 0.05) is 30.3 Å². The molecule has 0 aliphatic heterocycles. The van der Waals surface area contributed by atoms with Gasteiger partial charge in [0.25, 0.3) is 0 Å². The molecular formula is C30H47BrN2O6. The molecule has 0 radical (unpaired) electrons. The number of aromatic hydroxyl groups is 1. The van der Waals surface area contributed by atoms with Crippen LogP contribution in [0.5, 0.6) is 11.5 Å². The molecule has 0 aromatic heterocycles. The van der Waals surface area contributed by atoms with Gasteiger partial charge in [-0.05, 0) is 88.8 Å². The van der Waals surface area contributed by atoms with E-state index < -0.39 is 0 Å². The van der Waals surface area contributed by atoms with E-state index in [0.717, 1.165) is 35.9 Å². The number of hydrogen-bond acceptors (Lipinski definition) is 8. The summed E-state index contributed by atoms with van der Waals surface area (Å²) in [5.74, 6) is 0.853. The number of halogens is 1. The molecular weight excluding hydrogens is 564 g/mol. The fourth-order valence-corrected chi connectivity index (χ4v) is 3.46. The number of phenolic OH excluding ortho intramolecular Hbond substituents is 1. The van der Waals surface area contributed by atoms with Crippen molar-refractivity contribution in [2.45, 2.75) is 78.3 Å². The summed E-state index contributed by atoms with van der Waals surface area (Å²) in [4.78, 5) is 21.7. The van der Waals surface area contributed by atoms with Gasteiger partial charge >= 0.3 is 11.9 Å². The number of carbonyl (C=O) groups is 2. The Bertz CT molecular complexity index is 889. The van der Waals surface area contributed by atoms with Gasteiger partial charge in [0.15, 0.2) is 0 Å². The predicted molar refractivity (Wildman–Crippen MR) is 160 cm³/mol. The van der Waals surface area contributed by atoms with Crippen LogP contribution in [0, 0.1) is 0 Å². The minimum absolute atomic E-state index is 0.100. The third-order valence-electron chi connectivity index (χ3n) is 4.89. The molecule has 0 amide bonds. The van der Waals surface area contributed by atoms with Crippen LogP contribution in [0.15, 0.2) is 48.5 Å². The van der Waals surface area contributed by atoms with Crippen LogP contribution < -0.4 is 16.2 Å². The second kappa shape index (κ2) is 23.3. The van der Waals surface area contributed by atoms with E-state index in [9.17, 15) is 9.59 Å². The molecule has 2 unspecified atom stereocenters. The van der Waals surface area contributed by atoms with Crippen molar-refractivity contribution < 1.29 is 28.9 Å². The van der Waals surface area contributed by atoms with Crippen LogP contribution in [0.1, 0.15) is 64.5 Å². The zero-order valence-corrected chi connectivity index (χ0v) is 25.5. The number of rotatable bonds is 14. The molecule has 0 aliphatic carbocycles. The quantitative estimate of drug-likeness (QED) is 0.149. The SMILES string of the molecule is CC(N)Cc1ccc(O)cc1.CCOC(=O)CCCBr.CCOC(=O)CCCOc1ccc(CC(C)N)cc1. The first kappa shape index (κ1) is 36.4. The molecule has 39 heavy (non-hydrogen) atoms. The summed E-state index contributed by atoms with van der Waals surface area (Å²) in [6.07, 6.45) is 4.18. The number of nitrogens with two attached hydrogens (primary N) is 2. The maximum absolute atomic E-state index is 11.1. The van der Waals surface area contributed by atoms with Crippen molar-refractivity contribution in [2.75, 3.05) is 25.2 Å². The van der Waals surface area contributed by atoms with E-state index >= 15 is 0 Å². The highest BCUT2D eigenvalue weighted by Crippen LogP contribution is 2.14. The minimum Gasteiger partial charge on any atom is -0.508 e. The van der Waals surface area contributed by atoms with E-state index in [-0.39, 0.29) is 24.0 Å². The van der Waals surface area contributed by atoms with Gasteiger partial charge in [-0.3, -0.25) is 9.59 Å². The van der Waals surface area contributed by atoms with E-state index in [1.807, 2.05) is 57.2 Å². The van der Waals surface area contributed by atoms with Gasteiger partial charge in [0.2, 0.25) is 0 Å². The average molecular weight is 612 g/mol. The highest BCUT2D eigenvalue weighted by atomic mass is 79.9. The molecule has 0 saturated heterocycles. The second-order valence-corrected chi connectivity index (χ2v) is 9.82. The van der Waals surface area contributed by atoms with Crippen molar-refractivity contribution in [1.82, 2.24) is 0 Å². The van der Waals surface area contributed by atoms with Crippen LogP contribution in [0.2, 0.25) is 0 Å². The molecule has 2 rings (SSSR count). The molecule has 2 aromatic carbocycles. The minimum atomic E-state index is -0.168. The smallest absolute Gasteiger partial charge is 0.305 e. The standard InChI is InChI=1S/C15H23NO3.C9H13NO.C6H11BrO2/c1-3-18-15(17)5-4-10-19-14-8-6-13(7-9-14)11-12(2)16;1-7(10)6-8-2-4-9(11)5-3-8;1-2-9-6(8)4-3-5-7/h6-9,12H,3-5,10-11,16H2,1-2H3;2-5,7,11H,6,10H2,1H3;2-5H2,1H3. The molecule has 2 atom stereocenters. The number of hydrogen-bond donors (Lipinski definition) is 3. The Labute approximate surface area is 242 Å². The van der Waals surface area contributed by atoms with Crippen LogP contribution >= 0.6 is 15.9 Å². The third kappa shape index (κ3) is 21.9. The summed E-state index contributed by atoms with van der Waals surface area (Å²) in [7, 11) is 0. The van der Waals surface area contributed by atoms with Gasteiger partial charge < -0.3 is 30.8 Å². The van der Waals surface area contributed by atoms with Crippen LogP contribution in [0.3, 0.4) is 0 Å². The monoisotopic (exact) mass is 610 g/mol. The zero-order valence-electron chi connectivity index (χ0n) is 23.9. The largest absolute Gasteiger partial charge is 0.508 e. The lowest BCUT2D eigenvalue weighted by molar-refractivity contribution is -0.144. The summed E-state index contributed by atoms with van der Waals surface area (Å²) in [6, 6.07) is 15.4. The zero-order chi connectivity index (χ0) is 29.5. The fraction of sp³-hybridized carbons (Fsp3) is 0.533. The summed E-state index contributed by atoms with van der Waals surface area (Å²) in [5, 5.41) is 9.83. The average Bonchev–Trinajstić information content (AvgIpc) is 2.88. The van der Waals surface area contributed by atoms with Crippen molar-refractivity contribution in [2.24, 2.45) is 11.5 Å². The molecule has 0 spiro atoms. The summed E-state index contributed by atoms with van der Waals surface area (Å²) < 4.78 is 15.1. The summed E-state index contributed by atoms with van der Waals surface area (Å²) >= 11 is 3.22. The molecule has 8 nitrogen and oxygen atoms in total. The molecule has 0 heterocycles. The maximum atomic E-state index is 11.1. The third-order valence-corrected chi connectivity index (χ3v) is 5.45. The number of alkyl halides is 1. The summed E-state index contributed by atoms with van der Waals surface area (Å²) in [6.45, 7) is 9.00. The van der Waals surface area contributed by atoms with Gasteiger partial charge in [0.1, 0.15) is 11.5 Å². The Balaban J connectivity index is 0.000000612. The maximum Gasteiger partial charge on any atom is 0.305 e. The first-order valence-corrected chi connectivity index (χ1v) is 14.6. The summed E-state index contributed by atoms with van der Waals surface area (Å²) in [5.41, 5.74) is 13.7. The van der Waals surface area contributed by atoms with Crippen LogP contribution in [0.4, 0.5) is 0 Å². The number of benzene rings is 2. The van der Waals surface area contributed by atoms with Crippen LogP contribution in [-0.4, -0.2) is 54.3 Å². The van der Waals surface area contributed by atoms with E-state index in [2.05, 4.69) is 20.7 Å². The molecule has 220 valence electrons. The molecule has 0 fully saturated rings. The van der Waals surface area contributed by atoms with Crippen molar-refractivity contribution in [3.8, 4) is 11.5 Å². The Morgan fingerprint density at radius 1 is 0.795 bits per heavy atom. The molecule has 0 bridgehead atoms. The van der Waals surface area contributed by atoms with Crippen molar-refractivity contribution in [3.05, 3.63) is 59.7 Å². The molecule has 5 N–H and O–H groups in total. The second-order valence-electron chi connectivity index (χ2n) is 9.03. The van der Waals surface area contributed by atoms with Crippen molar-refractivity contribution in [3.63, 3.8) is 0 Å². The molecule has 9 heteroatoms. The lowest BCUT2D eigenvalue weighted by atomic mass is 10.1. The Kier molecular flexibility index (Phi) is 21.7. The van der Waals surface area contributed by atoms with E-state index in [1.54, 1.807) is 19.1 Å². The first-order valence-electron chi connectivity index (χ1n) is 13.5. The predicted octanol–water partition coefficient (Wildman–Crippen LogP) is 5.30. The lowest BCUT2D eigenvalue weighted by Gasteiger charge is -2.08. The number of esters is 2. The van der Waals surface area contributed by atoms with Crippen molar-refractivity contribution in [1.29, 1.82) is 0 Å². The van der Waals surface area contributed by atoms with Gasteiger partial charge in [0.05, 0.1) is 19.8 Å². The van der Waals surface area contributed by atoms with Gasteiger partial charge in [-0.15, -0.1) is 0 Å². The Morgan fingerprint density at radius 2 is 1.23 bits per heavy atom. The highest BCUT2D eigenvalue weighted by molar-refractivity contribution is 9.09. The van der Waals surface area contributed by atoms with E-state index in [4.69, 9.17) is 26.0 Å². The Morgan fingerprint density at radius 3 is 1.64 bits per heavy atom. The lowest BCUT2D eigenvalue weighted by Crippen LogP contribution is -2.17. The normalized spacial score (nSPS) is 11.6. The molecule has 0 saturated carbocycles. The van der Waals surface area contributed by atoms with Crippen LogP contribution in [0.25, 0.3) is 0 Å². The van der Waals surface area contributed by atoms with Crippen molar-refractivity contribution >= 4 is 27.9 Å². The molecule has 0 aliphatic rings. The van der Waals surface area contributed by atoms with E-state index in [0.29, 0.717) is 44.8 Å². The topological polar surface area (TPSA) is 134 Å². The van der Waals surface area contributed by atoms with Gasteiger partial charge in [-0.2, -0.15) is 0 Å². The van der Waals surface area contributed by atoms with Crippen LogP contribution in [-0.2, 0) is 31.9 Å². The highest BCUT2D eigenvalue weighted by Gasteiger charge is 2.03.